The van der Waals surface area contributed by atoms with E-state index in [9.17, 15) is 4.79 Å². The number of nitrogens with one attached hydrogen (secondary N) is 1. The molecule has 1 heterocycles. The van der Waals surface area contributed by atoms with Gasteiger partial charge in [-0.05, 0) is 74.5 Å². The Kier molecular flexibility index (Phi) is 3.28. The number of amides is 1. The predicted molar refractivity (Wildman–Crippen MR) is 98.7 cm³/mol. The van der Waals surface area contributed by atoms with Crippen LogP contribution in [0.15, 0.2) is 34.9 Å². The number of nitrogens with zero attached hydrogens (tertiary/aromatic N) is 1. The molecule has 4 aliphatic rings. The highest BCUT2D eigenvalue weighted by Crippen LogP contribution is 2.60. The Morgan fingerprint density at radius 3 is 2.42 bits per heavy atom. The Balaban J connectivity index is 1.48. The number of halogens is 1. The van der Waals surface area contributed by atoms with Crippen molar-refractivity contribution in [3.8, 4) is 0 Å². The number of aromatic nitrogens is 1. The lowest BCUT2D eigenvalue weighted by Crippen LogP contribution is -2.51. The van der Waals surface area contributed by atoms with Gasteiger partial charge in [-0.1, -0.05) is 22.0 Å². The van der Waals surface area contributed by atoms with Crippen molar-refractivity contribution in [1.82, 2.24) is 4.98 Å². The molecule has 4 bridgehead atoms. The highest BCUT2D eigenvalue weighted by Gasteiger charge is 2.54. The van der Waals surface area contributed by atoms with E-state index in [4.69, 9.17) is 0 Å². The zero-order chi connectivity index (χ0) is 16.3. The van der Waals surface area contributed by atoms with Crippen molar-refractivity contribution >= 4 is 38.4 Å². The summed E-state index contributed by atoms with van der Waals surface area (Å²) in [6.07, 6.45) is 9.13. The maximum Gasteiger partial charge on any atom is 0.230 e. The van der Waals surface area contributed by atoms with Crippen LogP contribution in [-0.2, 0) is 4.79 Å². The number of pyridine rings is 1. The standard InChI is InChI=1S/C20H21BrN2O/c21-16-3-4-17(18-15(16)2-1-5-22-18)23-19(24)20-9-12-6-13(10-20)8-14(7-12)11-20/h1-5,12-14H,6-11H2,(H,23,24). The smallest absolute Gasteiger partial charge is 0.230 e. The van der Waals surface area contributed by atoms with E-state index in [1.807, 2.05) is 24.3 Å². The van der Waals surface area contributed by atoms with Crippen LogP contribution < -0.4 is 5.32 Å². The van der Waals surface area contributed by atoms with Crippen LogP contribution in [0.3, 0.4) is 0 Å². The molecule has 0 atom stereocenters. The third kappa shape index (κ3) is 2.22. The van der Waals surface area contributed by atoms with Gasteiger partial charge in [0.2, 0.25) is 5.91 Å². The molecule has 4 saturated carbocycles. The van der Waals surface area contributed by atoms with E-state index in [-0.39, 0.29) is 11.3 Å². The third-order valence-corrected chi connectivity index (χ3v) is 7.18. The van der Waals surface area contributed by atoms with Crippen LogP contribution >= 0.6 is 15.9 Å². The number of carbonyl (C=O) groups is 1. The van der Waals surface area contributed by atoms with Crippen molar-refractivity contribution in [3.63, 3.8) is 0 Å². The first-order valence-corrected chi connectivity index (χ1v) is 9.77. The fourth-order valence-electron chi connectivity index (χ4n) is 5.88. The van der Waals surface area contributed by atoms with E-state index < -0.39 is 0 Å². The van der Waals surface area contributed by atoms with Gasteiger partial charge in [-0.15, -0.1) is 0 Å². The number of benzene rings is 1. The molecule has 2 aromatic rings. The molecule has 0 spiro atoms. The maximum absolute atomic E-state index is 13.2. The van der Waals surface area contributed by atoms with Gasteiger partial charge in [0.1, 0.15) is 0 Å². The van der Waals surface area contributed by atoms with E-state index in [2.05, 4.69) is 26.2 Å². The molecule has 4 heteroatoms. The Hall–Kier alpha value is -1.42. The van der Waals surface area contributed by atoms with E-state index in [1.165, 1.54) is 19.3 Å². The summed E-state index contributed by atoms with van der Waals surface area (Å²) in [4.78, 5) is 17.7. The number of carbonyl (C=O) groups excluding carboxylic acids is 1. The van der Waals surface area contributed by atoms with Crippen molar-refractivity contribution in [2.45, 2.75) is 38.5 Å². The fourth-order valence-corrected chi connectivity index (χ4v) is 6.33. The number of hydrogen-bond donors (Lipinski definition) is 1. The summed E-state index contributed by atoms with van der Waals surface area (Å²) >= 11 is 3.58. The van der Waals surface area contributed by atoms with Gasteiger partial charge in [0.25, 0.3) is 0 Å². The molecule has 0 radical (unpaired) electrons. The van der Waals surface area contributed by atoms with Crippen LogP contribution in [-0.4, -0.2) is 10.9 Å². The van der Waals surface area contributed by atoms with Crippen LogP contribution in [0.25, 0.3) is 10.9 Å². The number of fused-ring (bicyclic) bond motifs is 1. The van der Waals surface area contributed by atoms with Crippen molar-refractivity contribution in [1.29, 1.82) is 0 Å². The first-order chi connectivity index (χ1) is 11.6. The monoisotopic (exact) mass is 384 g/mol. The topological polar surface area (TPSA) is 42.0 Å². The minimum Gasteiger partial charge on any atom is -0.324 e. The van der Waals surface area contributed by atoms with Crippen LogP contribution in [0.5, 0.6) is 0 Å². The molecule has 0 saturated heterocycles. The molecule has 4 fully saturated rings. The molecule has 3 nitrogen and oxygen atoms in total. The minimum atomic E-state index is -0.122. The SMILES string of the molecule is O=C(Nc1ccc(Br)c2cccnc12)C12CC3CC(CC(C3)C1)C2. The lowest BCUT2D eigenvalue weighted by Gasteiger charge is -2.55. The largest absolute Gasteiger partial charge is 0.324 e. The van der Waals surface area contributed by atoms with E-state index >= 15 is 0 Å². The third-order valence-electron chi connectivity index (χ3n) is 6.48. The second-order valence-corrected chi connectivity index (χ2v) is 9.00. The molecule has 24 heavy (non-hydrogen) atoms. The van der Waals surface area contributed by atoms with Gasteiger partial charge in [0.15, 0.2) is 0 Å². The average Bonchev–Trinajstić information content (AvgIpc) is 2.56. The zero-order valence-electron chi connectivity index (χ0n) is 13.6. The lowest BCUT2D eigenvalue weighted by atomic mass is 9.49. The molecule has 0 aliphatic heterocycles. The Morgan fingerprint density at radius 1 is 1.08 bits per heavy atom. The van der Waals surface area contributed by atoms with Crippen molar-refractivity contribution in [2.24, 2.45) is 23.2 Å². The van der Waals surface area contributed by atoms with E-state index in [0.29, 0.717) is 0 Å². The zero-order valence-corrected chi connectivity index (χ0v) is 15.2. The number of anilines is 1. The van der Waals surface area contributed by atoms with Crippen molar-refractivity contribution in [3.05, 3.63) is 34.9 Å². The highest BCUT2D eigenvalue weighted by atomic mass is 79.9. The molecule has 1 amide bonds. The molecule has 124 valence electrons. The van der Waals surface area contributed by atoms with Crippen LogP contribution in [0.4, 0.5) is 5.69 Å². The molecule has 1 aromatic carbocycles. The molecular formula is C20H21BrN2O. The van der Waals surface area contributed by atoms with E-state index in [1.54, 1.807) is 6.20 Å². The van der Waals surface area contributed by atoms with Gasteiger partial charge in [-0.3, -0.25) is 9.78 Å². The molecule has 1 N–H and O–H groups in total. The van der Waals surface area contributed by atoms with Gasteiger partial charge >= 0.3 is 0 Å². The van der Waals surface area contributed by atoms with E-state index in [0.717, 1.165) is 58.1 Å². The van der Waals surface area contributed by atoms with Crippen molar-refractivity contribution < 1.29 is 4.79 Å². The first kappa shape index (κ1) is 14.9. The van der Waals surface area contributed by atoms with Gasteiger partial charge < -0.3 is 5.32 Å². The van der Waals surface area contributed by atoms with Gasteiger partial charge in [-0.25, -0.2) is 0 Å². The molecule has 1 aromatic heterocycles. The second-order valence-electron chi connectivity index (χ2n) is 8.15. The van der Waals surface area contributed by atoms with Crippen molar-refractivity contribution in [2.75, 3.05) is 5.32 Å². The normalized spacial score (nSPS) is 33.8. The van der Waals surface area contributed by atoms with Crippen LogP contribution in [0.1, 0.15) is 38.5 Å². The maximum atomic E-state index is 13.2. The number of rotatable bonds is 2. The second kappa shape index (κ2) is 5.29. The van der Waals surface area contributed by atoms with Gasteiger partial charge in [-0.2, -0.15) is 0 Å². The summed E-state index contributed by atoms with van der Waals surface area (Å²) in [5, 5.41) is 4.29. The summed E-state index contributed by atoms with van der Waals surface area (Å²) in [5.74, 6) is 2.57. The summed E-state index contributed by atoms with van der Waals surface area (Å²) in [6.45, 7) is 0. The molecule has 4 aliphatic carbocycles. The minimum absolute atomic E-state index is 0.122. The summed E-state index contributed by atoms with van der Waals surface area (Å²) in [6, 6.07) is 7.93. The highest BCUT2D eigenvalue weighted by molar-refractivity contribution is 9.10. The Bertz CT molecular complexity index is 796. The van der Waals surface area contributed by atoms with Gasteiger partial charge in [0.05, 0.1) is 16.6 Å². The molecule has 6 rings (SSSR count). The summed E-state index contributed by atoms with van der Waals surface area (Å²) in [5.41, 5.74) is 1.59. The first-order valence-electron chi connectivity index (χ1n) is 8.98. The molecular weight excluding hydrogens is 364 g/mol. The average molecular weight is 385 g/mol. The van der Waals surface area contributed by atoms with Gasteiger partial charge in [0, 0.05) is 16.1 Å². The van der Waals surface area contributed by atoms with Crippen LogP contribution in [0.2, 0.25) is 0 Å². The summed E-state index contributed by atoms with van der Waals surface area (Å²) < 4.78 is 1.01. The quantitative estimate of drug-likeness (QED) is 0.777. The summed E-state index contributed by atoms with van der Waals surface area (Å²) in [7, 11) is 0. The predicted octanol–water partition coefficient (Wildman–Crippen LogP) is 5.15. The Morgan fingerprint density at radius 2 is 1.75 bits per heavy atom. The lowest BCUT2D eigenvalue weighted by molar-refractivity contribution is -0.140. The fraction of sp³-hybridized carbons (Fsp3) is 0.500. The molecule has 0 unspecified atom stereocenters. The number of hydrogen-bond acceptors (Lipinski definition) is 2. The Labute approximate surface area is 150 Å². The van der Waals surface area contributed by atoms with Crippen LogP contribution in [0, 0.1) is 23.2 Å².